The molecule has 0 fully saturated rings. The van der Waals surface area contributed by atoms with Crippen molar-refractivity contribution < 1.29 is 9.26 Å². The molecular formula is C22H27IN4O2. The first-order valence-corrected chi connectivity index (χ1v) is 9.36. The number of aryl methyl sites for hydroxylation is 1. The Bertz CT molecular complexity index is 926. The molecule has 1 aromatic heterocycles. The number of halogens is 1. The molecule has 0 saturated carbocycles. The summed E-state index contributed by atoms with van der Waals surface area (Å²) in [5, 5.41) is 10.7. The molecular weight excluding hydrogens is 479 g/mol. The average Bonchev–Trinajstić information content (AvgIpc) is 3.20. The van der Waals surface area contributed by atoms with E-state index in [4.69, 9.17) is 9.26 Å². The lowest BCUT2D eigenvalue weighted by Gasteiger charge is -2.11. The van der Waals surface area contributed by atoms with Crippen LogP contribution in [0.15, 0.2) is 64.1 Å². The Morgan fingerprint density at radius 2 is 1.90 bits per heavy atom. The van der Waals surface area contributed by atoms with E-state index in [9.17, 15) is 0 Å². The molecule has 0 radical (unpaired) electrons. The van der Waals surface area contributed by atoms with Crippen molar-refractivity contribution >= 4 is 29.9 Å². The SMILES string of the molecule is CCNC(=NCc1ccc(C)cc1OC)NCc1cc(-c2ccccc2)on1.I. The molecule has 3 aromatic rings. The molecule has 6 nitrogen and oxygen atoms in total. The quantitative estimate of drug-likeness (QED) is 0.280. The van der Waals surface area contributed by atoms with Gasteiger partial charge in [0.25, 0.3) is 0 Å². The van der Waals surface area contributed by atoms with Crippen LogP contribution < -0.4 is 15.4 Å². The summed E-state index contributed by atoms with van der Waals surface area (Å²) in [4.78, 5) is 4.66. The Hall–Kier alpha value is -2.55. The minimum atomic E-state index is 0. The molecule has 29 heavy (non-hydrogen) atoms. The molecule has 1 heterocycles. The van der Waals surface area contributed by atoms with Crippen LogP contribution in [-0.2, 0) is 13.1 Å². The van der Waals surface area contributed by atoms with E-state index >= 15 is 0 Å². The lowest BCUT2D eigenvalue weighted by atomic mass is 10.1. The number of aliphatic imine (C=N–C) groups is 1. The summed E-state index contributed by atoms with van der Waals surface area (Å²) in [7, 11) is 1.68. The first-order valence-electron chi connectivity index (χ1n) is 9.36. The summed E-state index contributed by atoms with van der Waals surface area (Å²) in [5.74, 6) is 2.32. The van der Waals surface area contributed by atoms with Crippen molar-refractivity contribution in [2.75, 3.05) is 13.7 Å². The Morgan fingerprint density at radius 3 is 2.62 bits per heavy atom. The smallest absolute Gasteiger partial charge is 0.191 e. The van der Waals surface area contributed by atoms with E-state index in [-0.39, 0.29) is 24.0 Å². The van der Waals surface area contributed by atoms with Gasteiger partial charge in [-0.3, -0.25) is 0 Å². The lowest BCUT2D eigenvalue weighted by Crippen LogP contribution is -2.36. The number of rotatable bonds is 7. The highest BCUT2D eigenvalue weighted by Crippen LogP contribution is 2.21. The van der Waals surface area contributed by atoms with Gasteiger partial charge in [0.1, 0.15) is 11.4 Å². The zero-order valence-electron chi connectivity index (χ0n) is 16.9. The molecule has 0 aliphatic rings. The molecule has 0 aliphatic carbocycles. The van der Waals surface area contributed by atoms with E-state index in [1.807, 2.05) is 62.4 Å². The van der Waals surface area contributed by atoms with Gasteiger partial charge in [0.15, 0.2) is 11.7 Å². The number of methoxy groups -OCH3 is 1. The molecule has 0 saturated heterocycles. The van der Waals surface area contributed by atoms with Crippen LogP contribution in [0, 0.1) is 6.92 Å². The largest absolute Gasteiger partial charge is 0.496 e. The molecule has 154 valence electrons. The van der Waals surface area contributed by atoms with Crippen molar-refractivity contribution in [3.05, 3.63) is 71.4 Å². The molecule has 0 amide bonds. The van der Waals surface area contributed by atoms with Crippen molar-refractivity contribution in [1.29, 1.82) is 0 Å². The van der Waals surface area contributed by atoms with Crippen molar-refractivity contribution in [3.8, 4) is 17.1 Å². The monoisotopic (exact) mass is 506 g/mol. The van der Waals surface area contributed by atoms with Gasteiger partial charge in [-0.05, 0) is 25.5 Å². The fourth-order valence-electron chi connectivity index (χ4n) is 2.80. The van der Waals surface area contributed by atoms with Crippen LogP contribution in [0.3, 0.4) is 0 Å². The molecule has 7 heteroatoms. The zero-order chi connectivity index (χ0) is 19.8. The van der Waals surface area contributed by atoms with Crippen LogP contribution in [0.4, 0.5) is 0 Å². The van der Waals surface area contributed by atoms with Crippen molar-refractivity contribution in [2.45, 2.75) is 26.9 Å². The molecule has 3 rings (SSSR count). The first-order chi connectivity index (χ1) is 13.7. The van der Waals surface area contributed by atoms with Gasteiger partial charge in [-0.2, -0.15) is 0 Å². The van der Waals surface area contributed by atoms with Crippen LogP contribution in [0.5, 0.6) is 5.75 Å². The predicted molar refractivity (Wildman–Crippen MR) is 127 cm³/mol. The predicted octanol–water partition coefficient (Wildman–Crippen LogP) is 4.53. The van der Waals surface area contributed by atoms with Crippen LogP contribution >= 0.6 is 24.0 Å². The maximum absolute atomic E-state index is 5.46. The summed E-state index contributed by atoms with van der Waals surface area (Å²) in [6.07, 6.45) is 0. The average molecular weight is 506 g/mol. The molecule has 2 N–H and O–H groups in total. The number of hydrogen-bond acceptors (Lipinski definition) is 4. The highest BCUT2D eigenvalue weighted by atomic mass is 127. The fourth-order valence-corrected chi connectivity index (χ4v) is 2.80. The third kappa shape index (κ3) is 6.49. The summed E-state index contributed by atoms with van der Waals surface area (Å²) in [5.41, 5.74) is 4.03. The second-order valence-electron chi connectivity index (χ2n) is 6.41. The zero-order valence-corrected chi connectivity index (χ0v) is 19.3. The third-order valence-electron chi connectivity index (χ3n) is 4.25. The van der Waals surface area contributed by atoms with E-state index in [1.165, 1.54) is 0 Å². The van der Waals surface area contributed by atoms with Gasteiger partial charge >= 0.3 is 0 Å². The highest BCUT2D eigenvalue weighted by molar-refractivity contribution is 14.0. The maximum Gasteiger partial charge on any atom is 0.191 e. The van der Waals surface area contributed by atoms with Crippen LogP contribution in [0.2, 0.25) is 0 Å². The minimum Gasteiger partial charge on any atom is -0.496 e. The van der Waals surface area contributed by atoms with Crippen LogP contribution in [0.1, 0.15) is 23.7 Å². The number of ether oxygens (including phenoxy) is 1. The van der Waals surface area contributed by atoms with E-state index in [0.717, 1.165) is 46.4 Å². The Balaban J connectivity index is 0.00000300. The van der Waals surface area contributed by atoms with Gasteiger partial charge in [-0.15, -0.1) is 24.0 Å². The standard InChI is InChI=1S/C22H26N4O2.HI/c1-4-23-22(24-14-18-11-10-16(2)12-20(18)27-3)25-15-19-13-21(28-26-19)17-8-6-5-7-9-17;/h5-13H,4,14-15H2,1-3H3,(H2,23,24,25);1H. The molecule has 0 unspecified atom stereocenters. The summed E-state index contributed by atoms with van der Waals surface area (Å²) in [6.45, 7) is 5.89. The number of hydrogen-bond donors (Lipinski definition) is 2. The van der Waals surface area contributed by atoms with Gasteiger partial charge in [0.2, 0.25) is 0 Å². The van der Waals surface area contributed by atoms with Gasteiger partial charge < -0.3 is 19.9 Å². The molecule has 0 aliphatic heterocycles. The van der Waals surface area contributed by atoms with Crippen LogP contribution in [-0.4, -0.2) is 24.8 Å². The van der Waals surface area contributed by atoms with E-state index < -0.39 is 0 Å². The topological polar surface area (TPSA) is 71.7 Å². The molecule has 0 bridgehead atoms. The van der Waals surface area contributed by atoms with Gasteiger partial charge in [-0.1, -0.05) is 47.6 Å². The van der Waals surface area contributed by atoms with E-state index in [1.54, 1.807) is 7.11 Å². The third-order valence-corrected chi connectivity index (χ3v) is 4.25. The van der Waals surface area contributed by atoms with Crippen molar-refractivity contribution in [2.24, 2.45) is 4.99 Å². The van der Waals surface area contributed by atoms with Gasteiger partial charge in [-0.25, -0.2) is 4.99 Å². The van der Waals surface area contributed by atoms with Crippen LogP contribution in [0.25, 0.3) is 11.3 Å². The van der Waals surface area contributed by atoms with Crippen molar-refractivity contribution in [3.63, 3.8) is 0 Å². The molecule has 2 aromatic carbocycles. The first kappa shape index (κ1) is 22.7. The minimum absolute atomic E-state index is 0. The number of guanidine groups is 1. The maximum atomic E-state index is 5.46. The number of nitrogens with one attached hydrogen (secondary N) is 2. The van der Waals surface area contributed by atoms with E-state index in [2.05, 4.69) is 26.8 Å². The lowest BCUT2D eigenvalue weighted by molar-refractivity contribution is 0.409. The second kappa shape index (κ2) is 11.5. The molecule has 0 spiro atoms. The normalized spacial score (nSPS) is 10.9. The Morgan fingerprint density at radius 1 is 1.10 bits per heavy atom. The molecule has 0 atom stereocenters. The van der Waals surface area contributed by atoms with Gasteiger partial charge in [0.05, 0.1) is 20.2 Å². The second-order valence-corrected chi connectivity index (χ2v) is 6.41. The van der Waals surface area contributed by atoms with Gasteiger partial charge in [0, 0.05) is 23.7 Å². The highest BCUT2D eigenvalue weighted by Gasteiger charge is 2.08. The fraction of sp³-hybridized carbons (Fsp3) is 0.273. The Labute approximate surface area is 188 Å². The number of benzene rings is 2. The summed E-state index contributed by atoms with van der Waals surface area (Å²) in [6, 6.07) is 18.0. The van der Waals surface area contributed by atoms with E-state index in [0.29, 0.717) is 13.1 Å². The van der Waals surface area contributed by atoms with Crippen molar-refractivity contribution in [1.82, 2.24) is 15.8 Å². The summed E-state index contributed by atoms with van der Waals surface area (Å²) < 4.78 is 10.9. The number of aromatic nitrogens is 1. The summed E-state index contributed by atoms with van der Waals surface area (Å²) >= 11 is 0. The number of nitrogens with zero attached hydrogens (tertiary/aromatic N) is 2. The Kier molecular flexibility index (Phi) is 8.98.